The van der Waals surface area contributed by atoms with E-state index >= 15 is 0 Å². The van der Waals surface area contributed by atoms with Gasteiger partial charge in [-0.1, -0.05) is 17.7 Å². The number of amides is 1. The Kier molecular flexibility index (Phi) is 5.55. The van der Waals surface area contributed by atoms with Gasteiger partial charge in [0.15, 0.2) is 0 Å². The molecule has 0 aliphatic rings. The number of carbonyl (C=O) groups excluding carboxylic acids is 2. The van der Waals surface area contributed by atoms with Crippen molar-refractivity contribution in [3.63, 3.8) is 0 Å². The van der Waals surface area contributed by atoms with Gasteiger partial charge in [0.2, 0.25) is 0 Å². The van der Waals surface area contributed by atoms with Crippen LogP contribution >= 0.6 is 0 Å². The van der Waals surface area contributed by atoms with E-state index in [0.29, 0.717) is 12.2 Å². The van der Waals surface area contributed by atoms with E-state index in [-0.39, 0.29) is 24.5 Å². The first-order chi connectivity index (χ1) is 8.95. The molecule has 0 atom stereocenters. The van der Waals surface area contributed by atoms with E-state index in [4.69, 9.17) is 4.74 Å². The van der Waals surface area contributed by atoms with E-state index in [1.165, 1.54) is 4.90 Å². The summed E-state index contributed by atoms with van der Waals surface area (Å²) < 4.78 is 4.90. The average Bonchev–Trinajstić information content (AvgIpc) is 2.35. The Labute approximate surface area is 114 Å². The summed E-state index contributed by atoms with van der Waals surface area (Å²) in [6.45, 7) is 7.75. The molecular formula is C15H21NO3. The molecule has 0 unspecified atom stereocenters. The van der Waals surface area contributed by atoms with Gasteiger partial charge in [-0.3, -0.25) is 9.59 Å². The number of carbonyl (C=O) groups is 2. The maximum absolute atomic E-state index is 12.4. The number of benzene rings is 1. The second kappa shape index (κ2) is 6.92. The normalized spacial score (nSPS) is 10.4. The summed E-state index contributed by atoms with van der Waals surface area (Å²) in [4.78, 5) is 25.5. The molecule has 0 spiro atoms. The summed E-state index contributed by atoms with van der Waals surface area (Å²) in [6, 6.07) is 7.30. The highest BCUT2D eigenvalue weighted by Gasteiger charge is 2.22. The smallest absolute Gasteiger partial charge is 0.325 e. The van der Waals surface area contributed by atoms with Crippen molar-refractivity contribution in [2.24, 2.45) is 0 Å². The highest BCUT2D eigenvalue weighted by Crippen LogP contribution is 2.10. The Morgan fingerprint density at radius 1 is 1.32 bits per heavy atom. The maximum Gasteiger partial charge on any atom is 0.325 e. The lowest BCUT2D eigenvalue weighted by Crippen LogP contribution is -2.41. The van der Waals surface area contributed by atoms with E-state index in [2.05, 4.69) is 0 Å². The zero-order valence-electron chi connectivity index (χ0n) is 12.0. The molecule has 1 aromatic rings. The molecule has 1 amide bonds. The molecule has 0 aliphatic carbocycles. The fourth-order valence-electron chi connectivity index (χ4n) is 1.78. The molecule has 1 aromatic carbocycles. The summed E-state index contributed by atoms with van der Waals surface area (Å²) in [5.41, 5.74) is 1.61. The molecule has 0 aromatic heterocycles. The van der Waals surface area contributed by atoms with Crippen LogP contribution in [0.5, 0.6) is 0 Å². The van der Waals surface area contributed by atoms with Gasteiger partial charge in [0.05, 0.1) is 6.61 Å². The highest BCUT2D eigenvalue weighted by atomic mass is 16.5. The molecule has 0 aliphatic heterocycles. The number of aryl methyl sites for hydroxylation is 1. The van der Waals surface area contributed by atoms with Crippen molar-refractivity contribution in [1.82, 2.24) is 4.90 Å². The van der Waals surface area contributed by atoms with Crippen molar-refractivity contribution < 1.29 is 14.3 Å². The van der Waals surface area contributed by atoms with Crippen LogP contribution in [0.1, 0.15) is 36.7 Å². The van der Waals surface area contributed by atoms with Gasteiger partial charge < -0.3 is 9.64 Å². The molecule has 0 saturated heterocycles. The van der Waals surface area contributed by atoms with Gasteiger partial charge in [-0.15, -0.1) is 0 Å². The maximum atomic E-state index is 12.4. The van der Waals surface area contributed by atoms with Crippen LogP contribution in [-0.4, -0.2) is 36.0 Å². The number of hydrogen-bond acceptors (Lipinski definition) is 3. The Hall–Kier alpha value is -1.84. The van der Waals surface area contributed by atoms with Crippen LogP contribution in [0, 0.1) is 6.92 Å². The molecule has 1 rings (SSSR count). The molecular weight excluding hydrogens is 242 g/mol. The standard InChI is InChI=1S/C15H21NO3/c1-5-19-14(17)10-16(11(2)3)15(18)13-8-6-7-12(4)9-13/h6-9,11H,5,10H2,1-4H3. The minimum atomic E-state index is -0.378. The van der Waals surface area contributed by atoms with Crippen molar-refractivity contribution in [1.29, 1.82) is 0 Å². The Balaban J connectivity index is 2.87. The number of hydrogen-bond donors (Lipinski definition) is 0. The number of esters is 1. The minimum Gasteiger partial charge on any atom is -0.465 e. The first-order valence-corrected chi connectivity index (χ1v) is 6.49. The zero-order valence-corrected chi connectivity index (χ0v) is 12.0. The van der Waals surface area contributed by atoms with E-state index < -0.39 is 0 Å². The number of ether oxygens (including phenoxy) is 1. The first-order valence-electron chi connectivity index (χ1n) is 6.49. The molecule has 19 heavy (non-hydrogen) atoms. The fourth-order valence-corrected chi connectivity index (χ4v) is 1.78. The summed E-state index contributed by atoms with van der Waals surface area (Å²) in [7, 11) is 0. The molecule has 4 heteroatoms. The zero-order chi connectivity index (χ0) is 14.4. The molecule has 4 nitrogen and oxygen atoms in total. The molecule has 0 heterocycles. The summed E-state index contributed by atoms with van der Waals surface area (Å²) in [5, 5.41) is 0. The number of nitrogens with zero attached hydrogens (tertiary/aromatic N) is 1. The highest BCUT2D eigenvalue weighted by molar-refractivity contribution is 5.96. The van der Waals surface area contributed by atoms with Gasteiger partial charge in [-0.05, 0) is 39.8 Å². The van der Waals surface area contributed by atoms with Crippen LogP contribution in [0.2, 0.25) is 0 Å². The largest absolute Gasteiger partial charge is 0.465 e. The van der Waals surface area contributed by atoms with Crippen molar-refractivity contribution in [3.8, 4) is 0 Å². The second-order valence-electron chi connectivity index (χ2n) is 4.70. The Morgan fingerprint density at radius 2 is 2.00 bits per heavy atom. The lowest BCUT2D eigenvalue weighted by atomic mass is 10.1. The van der Waals surface area contributed by atoms with Crippen LogP contribution in [0.4, 0.5) is 0 Å². The Bertz CT molecular complexity index is 454. The fraction of sp³-hybridized carbons (Fsp3) is 0.467. The van der Waals surface area contributed by atoms with Crippen LogP contribution in [0.15, 0.2) is 24.3 Å². The van der Waals surface area contributed by atoms with Crippen LogP contribution in [-0.2, 0) is 9.53 Å². The van der Waals surface area contributed by atoms with Crippen molar-refractivity contribution in [2.45, 2.75) is 33.7 Å². The third kappa shape index (κ3) is 4.39. The third-order valence-electron chi connectivity index (χ3n) is 2.75. The summed E-state index contributed by atoms with van der Waals surface area (Å²) in [6.07, 6.45) is 0. The molecule has 0 saturated carbocycles. The van der Waals surface area contributed by atoms with Crippen LogP contribution in [0.3, 0.4) is 0 Å². The summed E-state index contributed by atoms with van der Waals surface area (Å²) >= 11 is 0. The van der Waals surface area contributed by atoms with Crippen molar-refractivity contribution in [3.05, 3.63) is 35.4 Å². The molecule has 0 radical (unpaired) electrons. The lowest BCUT2D eigenvalue weighted by Gasteiger charge is -2.25. The van der Waals surface area contributed by atoms with E-state index in [1.54, 1.807) is 13.0 Å². The van der Waals surface area contributed by atoms with Gasteiger partial charge in [-0.2, -0.15) is 0 Å². The van der Waals surface area contributed by atoms with Gasteiger partial charge >= 0.3 is 5.97 Å². The minimum absolute atomic E-state index is 0.0156. The van der Waals surface area contributed by atoms with E-state index in [9.17, 15) is 9.59 Å². The first kappa shape index (κ1) is 15.2. The number of rotatable bonds is 5. The van der Waals surface area contributed by atoms with Gasteiger partial charge in [0.1, 0.15) is 6.54 Å². The van der Waals surface area contributed by atoms with Gasteiger partial charge in [0, 0.05) is 11.6 Å². The second-order valence-corrected chi connectivity index (χ2v) is 4.70. The summed E-state index contributed by atoms with van der Waals surface area (Å²) in [5.74, 6) is -0.524. The van der Waals surface area contributed by atoms with Crippen LogP contribution in [0.25, 0.3) is 0 Å². The van der Waals surface area contributed by atoms with E-state index in [0.717, 1.165) is 5.56 Å². The predicted octanol–water partition coefficient (Wildman–Crippen LogP) is 2.41. The quantitative estimate of drug-likeness (QED) is 0.766. The molecule has 0 N–H and O–H groups in total. The monoisotopic (exact) mass is 263 g/mol. The van der Waals surface area contributed by atoms with E-state index in [1.807, 2.05) is 39.0 Å². The predicted molar refractivity (Wildman–Crippen MR) is 74.0 cm³/mol. The van der Waals surface area contributed by atoms with Crippen molar-refractivity contribution in [2.75, 3.05) is 13.2 Å². The Morgan fingerprint density at radius 3 is 2.53 bits per heavy atom. The topological polar surface area (TPSA) is 46.6 Å². The third-order valence-corrected chi connectivity index (χ3v) is 2.75. The lowest BCUT2D eigenvalue weighted by molar-refractivity contribution is -0.144. The van der Waals surface area contributed by atoms with Gasteiger partial charge in [0.25, 0.3) is 5.91 Å². The molecule has 0 bridgehead atoms. The van der Waals surface area contributed by atoms with Gasteiger partial charge in [-0.25, -0.2) is 0 Å². The molecule has 0 fully saturated rings. The van der Waals surface area contributed by atoms with Crippen LogP contribution < -0.4 is 0 Å². The molecule has 104 valence electrons. The SMILES string of the molecule is CCOC(=O)CN(C(=O)c1cccc(C)c1)C(C)C. The van der Waals surface area contributed by atoms with Crippen molar-refractivity contribution >= 4 is 11.9 Å². The average molecular weight is 263 g/mol.